The number of sulfone groups is 1. The highest BCUT2D eigenvalue weighted by atomic mass is 32.2. The van der Waals surface area contributed by atoms with Crippen LogP contribution in [0, 0.1) is 5.92 Å². The normalized spacial score (nSPS) is 24.7. The molecule has 3 nitrogen and oxygen atoms in total. The van der Waals surface area contributed by atoms with E-state index >= 15 is 0 Å². The Balaban J connectivity index is 2.34. The van der Waals surface area contributed by atoms with Crippen LogP contribution in [-0.2, 0) is 9.84 Å². The van der Waals surface area contributed by atoms with Crippen molar-refractivity contribution in [1.29, 1.82) is 0 Å². The van der Waals surface area contributed by atoms with E-state index in [1.54, 1.807) is 0 Å². The maximum Gasteiger partial charge on any atom is 0.150 e. The van der Waals surface area contributed by atoms with Crippen LogP contribution in [0.3, 0.4) is 0 Å². The molecule has 0 spiro atoms. The van der Waals surface area contributed by atoms with Crippen LogP contribution >= 0.6 is 0 Å². The minimum Gasteiger partial charge on any atom is -0.314 e. The molecule has 0 aromatic heterocycles. The van der Waals surface area contributed by atoms with Gasteiger partial charge < -0.3 is 5.32 Å². The van der Waals surface area contributed by atoms with Gasteiger partial charge in [-0.05, 0) is 38.6 Å². The molecule has 1 aliphatic rings. The molecule has 14 heavy (non-hydrogen) atoms. The Morgan fingerprint density at radius 1 is 1.36 bits per heavy atom. The van der Waals surface area contributed by atoms with Gasteiger partial charge in [0, 0.05) is 6.04 Å². The maximum absolute atomic E-state index is 11.2. The lowest BCUT2D eigenvalue weighted by Crippen LogP contribution is -2.38. The van der Waals surface area contributed by atoms with Gasteiger partial charge in [-0.3, -0.25) is 0 Å². The molecule has 0 amide bonds. The lowest BCUT2D eigenvalue weighted by molar-refractivity contribution is 0.347. The smallest absolute Gasteiger partial charge is 0.150 e. The Labute approximate surface area is 87.2 Å². The van der Waals surface area contributed by atoms with Gasteiger partial charge in [0.1, 0.15) is 9.84 Å². The summed E-state index contributed by atoms with van der Waals surface area (Å²) in [7, 11) is -2.70. The third-order valence-corrected chi connectivity index (χ3v) is 4.74. The summed E-state index contributed by atoms with van der Waals surface area (Å²) in [6, 6.07) is 0.463. The van der Waals surface area contributed by atoms with E-state index in [0.29, 0.717) is 23.5 Å². The Morgan fingerprint density at radius 2 is 1.93 bits per heavy atom. The van der Waals surface area contributed by atoms with Gasteiger partial charge in [-0.25, -0.2) is 8.42 Å². The molecule has 1 saturated heterocycles. The number of hydrogen-bond acceptors (Lipinski definition) is 3. The summed E-state index contributed by atoms with van der Waals surface area (Å²) in [5.74, 6) is 1.32. The zero-order valence-corrected chi connectivity index (χ0v) is 9.94. The van der Waals surface area contributed by atoms with Crippen molar-refractivity contribution in [2.45, 2.75) is 39.2 Å². The fourth-order valence-electron chi connectivity index (χ4n) is 1.95. The molecule has 0 aromatic rings. The molecule has 1 heterocycles. The first kappa shape index (κ1) is 12.0. The fraction of sp³-hybridized carbons (Fsp3) is 1.00. The van der Waals surface area contributed by atoms with Gasteiger partial charge in [-0.2, -0.15) is 0 Å². The van der Waals surface area contributed by atoms with Gasteiger partial charge in [0.25, 0.3) is 0 Å². The van der Waals surface area contributed by atoms with Gasteiger partial charge >= 0.3 is 0 Å². The van der Waals surface area contributed by atoms with Crippen LogP contribution in [-0.4, -0.2) is 32.5 Å². The average molecular weight is 219 g/mol. The second-order valence-electron chi connectivity index (χ2n) is 4.23. The predicted molar refractivity (Wildman–Crippen MR) is 59.1 cm³/mol. The van der Waals surface area contributed by atoms with E-state index < -0.39 is 9.84 Å². The minimum absolute atomic E-state index is 0.385. The average Bonchev–Trinajstić information content (AvgIpc) is 2.14. The SMILES string of the molecule is CCCNC(C)C1CCS(=O)(=O)CC1. The first-order valence-corrected chi connectivity index (χ1v) is 7.31. The van der Waals surface area contributed by atoms with Crippen molar-refractivity contribution >= 4 is 9.84 Å². The zero-order chi connectivity index (χ0) is 10.6. The summed E-state index contributed by atoms with van der Waals surface area (Å²) in [5, 5.41) is 3.43. The topological polar surface area (TPSA) is 46.2 Å². The second-order valence-corrected chi connectivity index (χ2v) is 6.54. The Bertz CT molecular complexity index is 247. The van der Waals surface area contributed by atoms with Gasteiger partial charge in [-0.15, -0.1) is 0 Å². The van der Waals surface area contributed by atoms with E-state index in [1.807, 2.05) is 0 Å². The van der Waals surface area contributed by atoms with E-state index in [4.69, 9.17) is 0 Å². The van der Waals surface area contributed by atoms with Crippen molar-refractivity contribution in [2.75, 3.05) is 18.1 Å². The first-order chi connectivity index (χ1) is 6.55. The molecule has 4 heteroatoms. The standard InChI is InChI=1S/C10H21NO2S/c1-3-6-11-9(2)10-4-7-14(12,13)8-5-10/h9-11H,3-8H2,1-2H3. The molecule has 1 unspecified atom stereocenters. The largest absolute Gasteiger partial charge is 0.314 e. The molecule has 0 saturated carbocycles. The van der Waals surface area contributed by atoms with Crippen molar-refractivity contribution in [3.63, 3.8) is 0 Å². The highest BCUT2D eigenvalue weighted by Crippen LogP contribution is 2.21. The van der Waals surface area contributed by atoms with Gasteiger partial charge in [-0.1, -0.05) is 6.92 Å². The number of nitrogens with one attached hydrogen (secondary N) is 1. The van der Waals surface area contributed by atoms with Crippen molar-refractivity contribution in [3.8, 4) is 0 Å². The first-order valence-electron chi connectivity index (χ1n) is 5.49. The third kappa shape index (κ3) is 3.58. The number of rotatable bonds is 4. The van der Waals surface area contributed by atoms with Crippen molar-refractivity contribution in [3.05, 3.63) is 0 Å². The van der Waals surface area contributed by atoms with Gasteiger partial charge in [0.05, 0.1) is 11.5 Å². The van der Waals surface area contributed by atoms with Crippen molar-refractivity contribution in [2.24, 2.45) is 5.92 Å². The van der Waals surface area contributed by atoms with E-state index in [9.17, 15) is 8.42 Å². The summed E-state index contributed by atoms with van der Waals surface area (Å²) in [5.41, 5.74) is 0. The van der Waals surface area contributed by atoms with Crippen LogP contribution < -0.4 is 5.32 Å². The Hall–Kier alpha value is -0.0900. The molecule has 0 radical (unpaired) electrons. The van der Waals surface area contributed by atoms with Crippen LogP contribution in [0.2, 0.25) is 0 Å². The molecule has 1 rings (SSSR count). The highest BCUT2D eigenvalue weighted by Gasteiger charge is 2.26. The van der Waals surface area contributed by atoms with Crippen LogP contribution in [0.4, 0.5) is 0 Å². The molecule has 1 atom stereocenters. The monoisotopic (exact) mass is 219 g/mol. The van der Waals surface area contributed by atoms with Crippen molar-refractivity contribution in [1.82, 2.24) is 5.32 Å². The summed E-state index contributed by atoms with van der Waals surface area (Å²) in [4.78, 5) is 0. The summed E-state index contributed by atoms with van der Waals surface area (Å²) >= 11 is 0. The molecule has 1 N–H and O–H groups in total. The summed E-state index contributed by atoms with van der Waals surface area (Å²) < 4.78 is 22.4. The fourth-order valence-corrected chi connectivity index (χ4v) is 3.47. The minimum atomic E-state index is -2.70. The Morgan fingerprint density at radius 3 is 2.43 bits per heavy atom. The third-order valence-electron chi connectivity index (χ3n) is 3.02. The quantitative estimate of drug-likeness (QED) is 0.773. The molecule has 0 aromatic carbocycles. The lowest BCUT2D eigenvalue weighted by Gasteiger charge is -2.28. The van der Waals surface area contributed by atoms with Crippen LogP contribution in [0.25, 0.3) is 0 Å². The molecule has 1 fully saturated rings. The van der Waals surface area contributed by atoms with E-state index in [0.717, 1.165) is 25.8 Å². The molecule has 84 valence electrons. The lowest BCUT2D eigenvalue weighted by atomic mass is 9.95. The second kappa shape index (κ2) is 5.12. The van der Waals surface area contributed by atoms with Gasteiger partial charge in [0.15, 0.2) is 0 Å². The number of hydrogen-bond donors (Lipinski definition) is 1. The van der Waals surface area contributed by atoms with Crippen molar-refractivity contribution < 1.29 is 8.42 Å². The Kier molecular flexibility index (Phi) is 4.38. The van der Waals surface area contributed by atoms with E-state index in [2.05, 4.69) is 19.2 Å². The predicted octanol–water partition coefficient (Wildman–Crippen LogP) is 1.20. The molecule has 0 aliphatic carbocycles. The summed E-state index contributed by atoms with van der Waals surface area (Å²) in [6.45, 7) is 5.34. The van der Waals surface area contributed by atoms with Crippen LogP contribution in [0.1, 0.15) is 33.1 Å². The maximum atomic E-state index is 11.2. The summed E-state index contributed by atoms with van der Waals surface area (Å²) in [6.07, 6.45) is 2.80. The molecular formula is C10H21NO2S. The van der Waals surface area contributed by atoms with Crippen LogP contribution in [0.15, 0.2) is 0 Å². The zero-order valence-electron chi connectivity index (χ0n) is 9.12. The van der Waals surface area contributed by atoms with Gasteiger partial charge in [0.2, 0.25) is 0 Å². The van der Waals surface area contributed by atoms with E-state index in [1.165, 1.54) is 0 Å². The molecule has 0 bridgehead atoms. The molecular weight excluding hydrogens is 198 g/mol. The highest BCUT2D eigenvalue weighted by molar-refractivity contribution is 7.91. The molecule has 1 aliphatic heterocycles. The van der Waals surface area contributed by atoms with E-state index in [-0.39, 0.29) is 0 Å². The van der Waals surface area contributed by atoms with Crippen LogP contribution in [0.5, 0.6) is 0 Å².